The molecular formula is C18H28ClN3O10P2. The van der Waals surface area contributed by atoms with Crippen LogP contribution in [-0.4, -0.2) is 77.1 Å². The van der Waals surface area contributed by atoms with E-state index in [1.54, 1.807) is 24.5 Å². The first-order valence-corrected chi connectivity index (χ1v) is 12.7. The zero-order valence-corrected chi connectivity index (χ0v) is 20.5. The Morgan fingerprint density at radius 3 is 1.74 bits per heavy atom. The van der Waals surface area contributed by atoms with Crippen molar-refractivity contribution in [2.75, 3.05) is 26.3 Å². The molecule has 3 rings (SSSR count). The Bertz CT molecular complexity index is 906. The van der Waals surface area contributed by atoms with Gasteiger partial charge in [0.25, 0.3) is 5.08 Å². The number of morpholine rings is 1. The van der Waals surface area contributed by atoms with Crippen molar-refractivity contribution in [3.63, 3.8) is 0 Å². The predicted octanol–water partition coefficient (Wildman–Crippen LogP) is 0.362. The molecule has 2 aromatic rings. The molecule has 0 atom stereocenters. The summed E-state index contributed by atoms with van der Waals surface area (Å²) >= 11 is 0. The first-order chi connectivity index (χ1) is 15.4. The second-order valence-electron chi connectivity index (χ2n) is 6.69. The molecule has 1 aliphatic heterocycles. The number of hydrogen-bond donors (Lipinski definition) is 7. The van der Waals surface area contributed by atoms with Crippen molar-refractivity contribution >= 4 is 33.6 Å². The molecule has 0 spiro atoms. The number of nitrogens with zero attached hydrogens (tertiary/aromatic N) is 2. The van der Waals surface area contributed by atoms with Gasteiger partial charge >= 0.3 is 21.2 Å². The van der Waals surface area contributed by atoms with Crippen LogP contribution in [0.15, 0.2) is 49.1 Å². The molecule has 0 aromatic carbocycles. The van der Waals surface area contributed by atoms with Gasteiger partial charge in [0.1, 0.15) is 0 Å². The average molecular weight is 544 g/mol. The lowest BCUT2D eigenvalue weighted by molar-refractivity contribution is -0.136. The summed E-state index contributed by atoms with van der Waals surface area (Å²) in [4.78, 5) is 53.1. The number of nitrogens with one attached hydrogen (secondary N) is 1. The second kappa shape index (κ2) is 15.3. The van der Waals surface area contributed by atoms with Crippen molar-refractivity contribution in [3.8, 4) is 0 Å². The highest BCUT2D eigenvalue weighted by atomic mass is 35.5. The lowest BCUT2D eigenvalue weighted by Gasteiger charge is -2.29. The summed E-state index contributed by atoms with van der Waals surface area (Å²) in [5, 5.41) is 17.7. The summed E-state index contributed by atoms with van der Waals surface area (Å²) in [7, 11) is -10.8. The molecule has 1 aliphatic rings. The van der Waals surface area contributed by atoms with Crippen LogP contribution in [-0.2, 0) is 31.5 Å². The van der Waals surface area contributed by atoms with Gasteiger partial charge in [0, 0.05) is 44.3 Å². The zero-order valence-electron chi connectivity index (χ0n) is 17.9. The Balaban J connectivity index is 0.000000538. The van der Waals surface area contributed by atoms with Crippen LogP contribution in [0.3, 0.4) is 0 Å². The number of carboxylic acids is 1. The normalized spacial score (nSPS) is 13.8. The summed E-state index contributed by atoms with van der Waals surface area (Å²) in [6, 6.07) is 6.21. The van der Waals surface area contributed by atoms with E-state index in [0.29, 0.717) is 0 Å². The fraction of sp³-hybridized carbons (Fsp3) is 0.389. The van der Waals surface area contributed by atoms with E-state index in [1.807, 2.05) is 0 Å². The molecule has 0 amide bonds. The minimum Gasteiger partial charge on any atom is -0.481 e. The molecule has 1 fully saturated rings. The van der Waals surface area contributed by atoms with E-state index >= 15 is 0 Å². The number of ether oxygens (including phenoxy) is 1. The number of pyridine rings is 2. The fourth-order valence-electron chi connectivity index (χ4n) is 2.35. The molecular weight excluding hydrogens is 516 g/mol. The molecule has 34 heavy (non-hydrogen) atoms. The Labute approximate surface area is 202 Å². The second-order valence-corrected chi connectivity index (χ2v) is 10.7. The minimum atomic E-state index is -5.41. The van der Waals surface area contributed by atoms with Crippen LogP contribution in [0, 0.1) is 0 Å². The van der Waals surface area contributed by atoms with Gasteiger partial charge in [-0.05, 0) is 23.3 Å². The van der Waals surface area contributed by atoms with Crippen LogP contribution in [0.4, 0.5) is 0 Å². The molecule has 3 heterocycles. The lowest BCUT2D eigenvalue weighted by Crippen LogP contribution is -2.31. The van der Waals surface area contributed by atoms with Crippen molar-refractivity contribution in [3.05, 3.63) is 60.2 Å². The van der Waals surface area contributed by atoms with Crippen LogP contribution in [0.2, 0.25) is 0 Å². The summed E-state index contributed by atoms with van der Waals surface area (Å²) in [5.41, 5.74) is 0.830. The first kappa shape index (κ1) is 32.2. The van der Waals surface area contributed by atoms with Crippen LogP contribution in [0.25, 0.3) is 0 Å². The van der Waals surface area contributed by atoms with Crippen molar-refractivity contribution in [1.82, 2.24) is 15.3 Å². The molecule has 0 bridgehead atoms. The van der Waals surface area contributed by atoms with Crippen molar-refractivity contribution in [2.24, 2.45) is 0 Å². The van der Waals surface area contributed by atoms with E-state index in [0.717, 1.165) is 38.1 Å². The molecule has 7 N–H and O–H groups in total. The maximum absolute atomic E-state index is 11.0. The number of aliphatic hydroxyl groups is 1. The third-order valence-corrected chi connectivity index (χ3v) is 7.77. The zero-order chi connectivity index (χ0) is 25.0. The number of hydrogen-bond acceptors (Lipinski definition) is 8. The van der Waals surface area contributed by atoms with Crippen LogP contribution >= 0.6 is 27.6 Å². The van der Waals surface area contributed by atoms with Gasteiger partial charge in [0.05, 0.1) is 19.6 Å². The number of carbonyl (C=O) groups is 1. The van der Waals surface area contributed by atoms with E-state index in [2.05, 4.69) is 15.3 Å². The van der Waals surface area contributed by atoms with E-state index < -0.39 is 32.7 Å². The molecule has 0 saturated carbocycles. The maximum atomic E-state index is 11.0. The highest BCUT2D eigenvalue weighted by Gasteiger charge is 2.59. The first-order valence-electron chi connectivity index (χ1n) is 9.48. The Kier molecular flexibility index (Phi) is 14.5. The van der Waals surface area contributed by atoms with Crippen LogP contribution in [0.5, 0.6) is 0 Å². The quantitative estimate of drug-likeness (QED) is 0.245. The van der Waals surface area contributed by atoms with E-state index in [9.17, 15) is 19.0 Å². The van der Waals surface area contributed by atoms with E-state index in [-0.39, 0.29) is 24.4 Å². The minimum absolute atomic E-state index is 0. The van der Waals surface area contributed by atoms with Crippen molar-refractivity contribution in [2.45, 2.75) is 17.9 Å². The molecule has 1 saturated heterocycles. The Morgan fingerprint density at radius 2 is 1.44 bits per heavy atom. The third kappa shape index (κ3) is 11.6. The number of aromatic nitrogens is 2. The van der Waals surface area contributed by atoms with Crippen LogP contribution in [0.1, 0.15) is 11.1 Å². The fourth-order valence-corrected chi connectivity index (χ4v) is 4.48. The Morgan fingerprint density at radius 1 is 0.971 bits per heavy atom. The SMILES string of the molecule is C1COCCN1.Cl.O=C(O)Cc1cccnc1.O=P(O)(O)C(O)(Cc1cccnc1)P(=O)(O)O. The van der Waals surface area contributed by atoms with Crippen molar-refractivity contribution < 1.29 is 48.4 Å². The van der Waals surface area contributed by atoms with Gasteiger partial charge in [0.15, 0.2) is 0 Å². The molecule has 192 valence electrons. The number of halogens is 1. The van der Waals surface area contributed by atoms with E-state index in [4.69, 9.17) is 29.4 Å². The standard InChI is InChI=1S/C7H11NO7P2.C7H7NO2.C4H9NO.ClH/c9-7(16(10,11)12,17(13,14)15)4-6-2-1-3-8-5-6;9-7(10)4-6-2-1-3-8-5-6;1-3-6-4-2-5-1;/h1-3,5,9H,4H2,(H2,10,11,12)(H2,13,14,15);1-3,5H,4H2,(H,9,10);5H,1-4H2;1H. The third-order valence-electron chi connectivity index (χ3n) is 4.02. The Hall–Kier alpha value is -1.76. The number of aliphatic carboxylic acids is 1. The van der Waals surface area contributed by atoms with Crippen molar-refractivity contribution in [1.29, 1.82) is 0 Å². The van der Waals surface area contributed by atoms with Gasteiger partial charge in [-0.25, -0.2) is 0 Å². The lowest BCUT2D eigenvalue weighted by atomic mass is 10.2. The average Bonchev–Trinajstić information content (AvgIpc) is 2.75. The highest BCUT2D eigenvalue weighted by molar-refractivity contribution is 7.72. The molecule has 0 unspecified atom stereocenters. The molecule has 0 radical (unpaired) electrons. The highest BCUT2D eigenvalue weighted by Crippen LogP contribution is 2.68. The van der Waals surface area contributed by atoms with Gasteiger partial charge in [0.2, 0.25) is 0 Å². The maximum Gasteiger partial charge on any atom is 0.369 e. The van der Waals surface area contributed by atoms with Gasteiger partial charge in [-0.2, -0.15) is 0 Å². The van der Waals surface area contributed by atoms with Gasteiger partial charge < -0.3 is 39.8 Å². The molecule has 2 aromatic heterocycles. The summed E-state index contributed by atoms with van der Waals surface area (Å²) in [5.74, 6) is -0.826. The van der Waals surface area contributed by atoms with Gasteiger partial charge in [-0.3, -0.25) is 23.9 Å². The predicted molar refractivity (Wildman–Crippen MR) is 123 cm³/mol. The largest absolute Gasteiger partial charge is 0.481 e. The smallest absolute Gasteiger partial charge is 0.369 e. The summed E-state index contributed by atoms with van der Waals surface area (Å²) < 4.78 is 27.1. The van der Waals surface area contributed by atoms with Crippen LogP contribution < -0.4 is 5.32 Å². The van der Waals surface area contributed by atoms with E-state index in [1.165, 1.54) is 18.3 Å². The summed E-state index contributed by atoms with van der Waals surface area (Å²) in [6.45, 7) is 3.83. The van der Waals surface area contributed by atoms with Gasteiger partial charge in [-0.15, -0.1) is 12.4 Å². The molecule has 0 aliphatic carbocycles. The summed E-state index contributed by atoms with van der Waals surface area (Å²) in [6.07, 6.45) is 4.84. The molecule has 13 nitrogen and oxygen atoms in total. The van der Waals surface area contributed by atoms with Gasteiger partial charge in [-0.1, -0.05) is 12.1 Å². The number of carboxylic acid groups (broad SMARTS) is 1. The monoisotopic (exact) mass is 543 g/mol. The number of rotatable bonds is 6. The molecule has 16 heteroatoms. The topological polar surface area (TPSA) is 220 Å².